The van der Waals surface area contributed by atoms with Gasteiger partial charge in [-0.2, -0.15) is 5.10 Å². The SMILES string of the molecule is Cn1cnc(NCC2CCCCN2CCn2nc3c(cc2=O)CCC3)cc1=O. The number of hydrogen-bond acceptors (Lipinski definition) is 6. The molecule has 0 amide bonds. The van der Waals surface area contributed by atoms with Gasteiger partial charge in [0.15, 0.2) is 0 Å². The fraction of sp³-hybridized carbons (Fsp3) is 0.600. The summed E-state index contributed by atoms with van der Waals surface area (Å²) in [6.45, 7) is 3.19. The zero-order valence-corrected chi connectivity index (χ0v) is 16.4. The molecule has 1 atom stereocenters. The highest BCUT2D eigenvalue weighted by atomic mass is 16.1. The van der Waals surface area contributed by atoms with Crippen molar-refractivity contribution in [1.82, 2.24) is 24.2 Å². The van der Waals surface area contributed by atoms with E-state index in [9.17, 15) is 9.59 Å². The summed E-state index contributed by atoms with van der Waals surface area (Å²) < 4.78 is 3.09. The van der Waals surface area contributed by atoms with Gasteiger partial charge in [-0.1, -0.05) is 6.42 Å². The number of aryl methyl sites for hydroxylation is 3. The second kappa shape index (κ2) is 8.26. The van der Waals surface area contributed by atoms with Gasteiger partial charge in [0.05, 0.1) is 18.6 Å². The van der Waals surface area contributed by atoms with Crippen molar-refractivity contribution in [2.75, 3.05) is 25.0 Å². The third-order valence-corrected chi connectivity index (χ3v) is 5.87. The van der Waals surface area contributed by atoms with Crippen LogP contribution in [0.2, 0.25) is 0 Å². The molecule has 0 spiro atoms. The number of hydrogen-bond donors (Lipinski definition) is 1. The van der Waals surface area contributed by atoms with Crippen LogP contribution in [-0.4, -0.2) is 49.9 Å². The standard InChI is InChI=1S/C20H28N6O2/c1-24-14-22-18(12-19(24)27)21-13-16-6-2-3-8-25(16)9-10-26-20(28)11-15-5-4-7-17(15)23-26/h11-12,14,16,21H,2-10,13H2,1H3. The second-order valence-corrected chi connectivity index (χ2v) is 7.82. The molecule has 1 aliphatic carbocycles. The maximum Gasteiger partial charge on any atom is 0.267 e. The summed E-state index contributed by atoms with van der Waals surface area (Å²) >= 11 is 0. The van der Waals surface area contributed by atoms with Crippen molar-refractivity contribution < 1.29 is 0 Å². The lowest BCUT2D eigenvalue weighted by atomic mass is 10.0. The van der Waals surface area contributed by atoms with Gasteiger partial charge in [0.2, 0.25) is 0 Å². The van der Waals surface area contributed by atoms with E-state index in [0.717, 1.165) is 56.6 Å². The second-order valence-electron chi connectivity index (χ2n) is 7.82. The molecular weight excluding hydrogens is 356 g/mol. The summed E-state index contributed by atoms with van der Waals surface area (Å²) in [6, 6.07) is 3.66. The molecule has 1 unspecified atom stereocenters. The summed E-state index contributed by atoms with van der Waals surface area (Å²) in [7, 11) is 1.69. The van der Waals surface area contributed by atoms with Crippen molar-refractivity contribution in [1.29, 1.82) is 0 Å². The van der Waals surface area contributed by atoms with E-state index in [4.69, 9.17) is 0 Å². The van der Waals surface area contributed by atoms with E-state index >= 15 is 0 Å². The smallest absolute Gasteiger partial charge is 0.267 e. The lowest BCUT2D eigenvalue weighted by Gasteiger charge is -2.35. The van der Waals surface area contributed by atoms with E-state index in [1.165, 1.54) is 29.8 Å². The van der Waals surface area contributed by atoms with Crippen LogP contribution in [0.5, 0.6) is 0 Å². The fourth-order valence-corrected chi connectivity index (χ4v) is 4.19. The van der Waals surface area contributed by atoms with Crippen molar-refractivity contribution >= 4 is 5.82 Å². The summed E-state index contributed by atoms with van der Waals surface area (Å²) in [5.41, 5.74) is 2.16. The van der Waals surface area contributed by atoms with E-state index in [1.807, 2.05) is 0 Å². The van der Waals surface area contributed by atoms with Crippen molar-refractivity contribution in [3.8, 4) is 0 Å². The Bertz CT molecular complexity index is 950. The first-order valence-electron chi connectivity index (χ1n) is 10.2. The fourth-order valence-electron chi connectivity index (χ4n) is 4.19. The molecule has 0 saturated carbocycles. The Morgan fingerprint density at radius 1 is 1.11 bits per heavy atom. The van der Waals surface area contributed by atoms with Crippen LogP contribution >= 0.6 is 0 Å². The van der Waals surface area contributed by atoms with E-state index < -0.39 is 0 Å². The number of rotatable bonds is 6. The third-order valence-electron chi connectivity index (χ3n) is 5.87. The Hall–Kier alpha value is -2.48. The van der Waals surface area contributed by atoms with Crippen LogP contribution in [0.3, 0.4) is 0 Å². The molecule has 2 aromatic rings. The minimum atomic E-state index is -0.0694. The first-order chi connectivity index (χ1) is 13.6. The lowest BCUT2D eigenvalue weighted by Crippen LogP contribution is -2.45. The summed E-state index contributed by atoms with van der Waals surface area (Å²) in [5, 5.41) is 7.89. The van der Waals surface area contributed by atoms with E-state index in [-0.39, 0.29) is 11.1 Å². The molecule has 8 nitrogen and oxygen atoms in total. The van der Waals surface area contributed by atoms with Gasteiger partial charge in [-0.15, -0.1) is 0 Å². The van der Waals surface area contributed by atoms with Crippen LogP contribution in [0.1, 0.15) is 36.9 Å². The van der Waals surface area contributed by atoms with Crippen LogP contribution in [0.15, 0.2) is 28.0 Å². The van der Waals surface area contributed by atoms with Crippen molar-refractivity contribution in [2.45, 2.75) is 51.1 Å². The maximum atomic E-state index is 12.3. The molecule has 1 saturated heterocycles. The molecule has 28 heavy (non-hydrogen) atoms. The van der Waals surface area contributed by atoms with Gasteiger partial charge in [0.1, 0.15) is 5.82 Å². The number of piperidine rings is 1. The number of nitrogens with zero attached hydrogens (tertiary/aromatic N) is 5. The Morgan fingerprint density at radius 3 is 2.86 bits per heavy atom. The summed E-state index contributed by atoms with van der Waals surface area (Å²) in [4.78, 5) is 30.8. The molecule has 0 bridgehead atoms. The predicted molar refractivity (Wildman–Crippen MR) is 108 cm³/mol. The van der Waals surface area contributed by atoms with Gasteiger partial charge in [0, 0.05) is 38.3 Å². The Balaban J connectivity index is 1.38. The summed E-state index contributed by atoms with van der Waals surface area (Å²) in [6.07, 6.45) is 8.07. The highest BCUT2D eigenvalue weighted by molar-refractivity contribution is 5.32. The lowest BCUT2D eigenvalue weighted by molar-refractivity contribution is 0.148. The van der Waals surface area contributed by atoms with Gasteiger partial charge in [-0.05, 0) is 44.2 Å². The van der Waals surface area contributed by atoms with E-state index in [2.05, 4.69) is 20.3 Å². The first-order valence-corrected chi connectivity index (χ1v) is 10.2. The van der Waals surface area contributed by atoms with Crippen LogP contribution < -0.4 is 16.4 Å². The Morgan fingerprint density at radius 2 is 2.00 bits per heavy atom. The van der Waals surface area contributed by atoms with Crippen molar-refractivity contribution in [2.24, 2.45) is 7.05 Å². The highest BCUT2D eigenvalue weighted by Gasteiger charge is 2.23. The molecule has 0 aromatic carbocycles. The van der Waals surface area contributed by atoms with Gasteiger partial charge in [0.25, 0.3) is 11.1 Å². The number of nitrogens with one attached hydrogen (secondary N) is 1. The topological polar surface area (TPSA) is 85.1 Å². The molecule has 0 radical (unpaired) electrons. The van der Waals surface area contributed by atoms with Gasteiger partial charge in [-0.25, -0.2) is 9.67 Å². The molecule has 2 aliphatic rings. The van der Waals surface area contributed by atoms with Crippen LogP contribution in [0, 0.1) is 0 Å². The van der Waals surface area contributed by atoms with Crippen molar-refractivity contribution in [3.05, 3.63) is 50.4 Å². The molecule has 8 heteroatoms. The molecule has 1 N–H and O–H groups in total. The van der Waals surface area contributed by atoms with Crippen LogP contribution in [0.4, 0.5) is 5.82 Å². The highest BCUT2D eigenvalue weighted by Crippen LogP contribution is 2.19. The molecule has 4 rings (SSSR count). The minimum absolute atomic E-state index is 0.0108. The van der Waals surface area contributed by atoms with E-state index in [0.29, 0.717) is 18.4 Å². The first kappa shape index (κ1) is 18.9. The van der Waals surface area contributed by atoms with Gasteiger partial charge >= 0.3 is 0 Å². The molecule has 1 fully saturated rings. The molecule has 1 aliphatic heterocycles. The van der Waals surface area contributed by atoms with Crippen LogP contribution in [0.25, 0.3) is 0 Å². The van der Waals surface area contributed by atoms with Crippen molar-refractivity contribution in [3.63, 3.8) is 0 Å². The Labute approximate surface area is 164 Å². The van der Waals surface area contributed by atoms with E-state index in [1.54, 1.807) is 17.8 Å². The number of likely N-dealkylation sites (tertiary alicyclic amines) is 1. The number of aromatic nitrogens is 4. The molecule has 2 aromatic heterocycles. The average Bonchev–Trinajstić information content (AvgIpc) is 3.14. The van der Waals surface area contributed by atoms with Crippen LogP contribution in [-0.2, 0) is 26.4 Å². The quantitative estimate of drug-likeness (QED) is 0.793. The minimum Gasteiger partial charge on any atom is -0.368 e. The summed E-state index contributed by atoms with van der Waals surface area (Å²) in [5.74, 6) is 0.616. The normalized spacial score (nSPS) is 19.5. The zero-order chi connectivity index (χ0) is 19.5. The monoisotopic (exact) mass is 384 g/mol. The number of anilines is 1. The maximum absolute atomic E-state index is 12.3. The van der Waals surface area contributed by atoms with Gasteiger partial charge < -0.3 is 9.88 Å². The number of fused-ring (bicyclic) bond motifs is 1. The average molecular weight is 384 g/mol. The largest absolute Gasteiger partial charge is 0.368 e. The predicted octanol–water partition coefficient (Wildman–Crippen LogP) is 0.792. The van der Waals surface area contributed by atoms with Gasteiger partial charge in [-0.3, -0.25) is 14.5 Å². The zero-order valence-electron chi connectivity index (χ0n) is 16.4. The molecular formula is C20H28N6O2. The molecule has 3 heterocycles. The Kier molecular flexibility index (Phi) is 5.57. The molecule has 150 valence electrons. The third kappa shape index (κ3) is 4.16.